The van der Waals surface area contributed by atoms with Crippen molar-refractivity contribution in [2.75, 3.05) is 20.3 Å². The van der Waals surface area contributed by atoms with Crippen LogP contribution in [0.2, 0.25) is 0 Å². The number of carbonyl (C=O) groups excluding carboxylic acids is 1. The maximum Gasteiger partial charge on any atom is 0.245 e. The van der Waals surface area contributed by atoms with Gasteiger partial charge in [0, 0.05) is 20.1 Å². The summed E-state index contributed by atoms with van der Waals surface area (Å²) in [5.41, 5.74) is 0. The van der Waals surface area contributed by atoms with Crippen LogP contribution in [0, 0.1) is 0 Å². The topological polar surface area (TPSA) is 60.2 Å². The van der Waals surface area contributed by atoms with E-state index < -0.39 is 0 Å². The monoisotopic (exact) mass is 252 g/mol. The van der Waals surface area contributed by atoms with Gasteiger partial charge in [0.1, 0.15) is 11.9 Å². The van der Waals surface area contributed by atoms with Crippen molar-refractivity contribution in [2.45, 2.75) is 39.3 Å². The largest absolute Gasteiger partial charge is 0.384 e. The number of hydrogen-bond acceptors (Lipinski definition) is 4. The molecule has 100 valence electrons. The molecule has 0 unspecified atom stereocenters. The number of rotatable bonds is 5. The number of nitrogens with zero attached hydrogens (tertiary/aromatic N) is 4. The molecule has 0 saturated heterocycles. The van der Waals surface area contributed by atoms with Gasteiger partial charge >= 0.3 is 0 Å². The minimum atomic E-state index is -0.206. The summed E-state index contributed by atoms with van der Waals surface area (Å²) in [7, 11) is 1.66. The molecule has 0 saturated carbocycles. The molecule has 6 nitrogen and oxygen atoms in total. The molecule has 2 heterocycles. The maximum absolute atomic E-state index is 12.2. The van der Waals surface area contributed by atoms with Crippen molar-refractivity contribution >= 4 is 5.91 Å². The molecule has 0 spiro atoms. The van der Waals surface area contributed by atoms with Gasteiger partial charge in [-0.15, -0.1) is 10.2 Å². The van der Waals surface area contributed by atoms with Gasteiger partial charge in [0.15, 0.2) is 5.82 Å². The zero-order chi connectivity index (χ0) is 13.1. The predicted molar refractivity (Wildman–Crippen MR) is 66.0 cm³/mol. The summed E-state index contributed by atoms with van der Waals surface area (Å²) in [5, 5.41) is 8.36. The van der Waals surface area contributed by atoms with E-state index >= 15 is 0 Å². The zero-order valence-electron chi connectivity index (χ0n) is 11.2. The summed E-state index contributed by atoms with van der Waals surface area (Å²) >= 11 is 0. The molecular formula is C12H20N4O2. The fourth-order valence-corrected chi connectivity index (χ4v) is 2.36. The number of amides is 1. The molecule has 0 radical (unpaired) electrons. The van der Waals surface area contributed by atoms with E-state index in [1.807, 2.05) is 16.4 Å². The first-order valence-electron chi connectivity index (χ1n) is 6.39. The molecule has 6 heteroatoms. The predicted octanol–water partition coefficient (Wildman–Crippen LogP) is 0.780. The Morgan fingerprint density at radius 1 is 1.44 bits per heavy atom. The van der Waals surface area contributed by atoms with Crippen LogP contribution in [0.25, 0.3) is 0 Å². The third-order valence-corrected chi connectivity index (χ3v) is 3.25. The van der Waals surface area contributed by atoms with E-state index in [9.17, 15) is 4.79 Å². The van der Waals surface area contributed by atoms with Gasteiger partial charge in [-0.1, -0.05) is 6.92 Å². The van der Waals surface area contributed by atoms with E-state index in [4.69, 9.17) is 4.74 Å². The Balaban J connectivity index is 2.23. The van der Waals surface area contributed by atoms with Crippen LogP contribution in [0.1, 0.15) is 38.0 Å². The van der Waals surface area contributed by atoms with E-state index in [1.165, 1.54) is 0 Å². The van der Waals surface area contributed by atoms with Gasteiger partial charge in [0.2, 0.25) is 5.91 Å². The van der Waals surface area contributed by atoms with Gasteiger partial charge in [0.05, 0.1) is 13.2 Å². The summed E-state index contributed by atoms with van der Waals surface area (Å²) in [6, 6.07) is -0.206. The molecule has 2 rings (SSSR count). The van der Waals surface area contributed by atoms with Gasteiger partial charge in [0.25, 0.3) is 0 Å². The number of methoxy groups -OCH3 is 1. The average Bonchev–Trinajstić information content (AvgIpc) is 2.76. The first kappa shape index (κ1) is 13.0. The number of aromatic nitrogens is 3. The Morgan fingerprint density at radius 2 is 2.22 bits per heavy atom. The van der Waals surface area contributed by atoms with Crippen molar-refractivity contribution in [3.8, 4) is 0 Å². The second kappa shape index (κ2) is 5.48. The molecule has 1 aliphatic heterocycles. The molecule has 1 amide bonds. The van der Waals surface area contributed by atoms with Crippen LogP contribution in [-0.2, 0) is 22.5 Å². The van der Waals surface area contributed by atoms with Crippen LogP contribution in [0.3, 0.4) is 0 Å². The Hall–Kier alpha value is -1.43. The molecule has 1 aromatic heterocycles. The Labute approximate surface area is 107 Å². The molecule has 0 fully saturated rings. The maximum atomic E-state index is 12.2. The number of ether oxygens (including phenoxy) is 1. The van der Waals surface area contributed by atoms with E-state index in [0.717, 1.165) is 24.6 Å². The van der Waals surface area contributed by atoms with E-state index in [1.54, 1.807) is 7.11 Å². The highest BCUT2D eigenvalue weighted by atomic mass is 16.5. The second-order valence-electron chi connectivity index (χ2n) is 4.58. The summed E-state index contributed by atoms with van der Waals surface area (Å²) < 4.78 is 7.00. The first-order chi connectivity index (χ1) is 8.69. The summed E-state index contributed by atoms with van der Waals surface area (Å²) in [4.78, 5) is 14.1. The van der Waals surface area contributed by atoms with E-state index in [-0.39, 0.29) is 11.9 Å². The zero-order valence-corrected chi connectivity index (χ0v) is 11.2. The smallest absolute Gasteiger partial charge is 0.245 e. The highest BCUT2D eigenvalue weighted by molar-refractivity contribution is 5.81. The van der Waals surface area contributed by atoms with Gasteiger partial charge in [-0.05, 0) is 13.3 Å². The Bertz CT molecular complexity index is 430. The van der Waals surface area contributed by atoms with Crippen LogP contribution in [-0.4, -0.2) is 45.8 Å². The van der Waals surface area contributed by atoms with Crippen LogP contribution >= 0.6 is 0 Å². The molecule has 1 aliphatic rings. The Kier molecular flexibility index (Phi) is 3.96. The van der Waals surface area contributed by atoms with Crippen LogP contribution in [0.15, 0.2) is 0 Å². The lowest BCUT2D eigenvalue weighted by Gasteiger charge is -2.31. The number of hydrogen-bond donors (Lipinski definition) is 0. The van der Waals surface area contributed by atoms with Gasteiger partial charge < -0.3 is 14.2 Å². The van der Waals surface area contributed by atoms with Gasteiger partial charge in [-0.25, -0.2) is 0 Å². The SMILES string of the molecule is CCCN1Cc2nnc(CCOC)n2[C@H](C)C1=O. The van der Waals surface area contributed by atoms with Crippen molar-refractivity contribution in [2.24, 2.45) is 0 Å². The minimum Gasteiger partial charge on any atom is -0.384 e. The normalized spacial score (nSPS) is 19.2. The van der Waals surface area contributed by atoms with Crippen LogP contribution in [0.5, 0.6) is 0 Å². The van der Waals surface area contributed by atoms with Gasteiger partial charge in [-0.2, -0.15) is 0 Å². The van der Waals surface area contributed by atoms with Crippen molar-refractivity contribution in [3.63, 3.8) is 0 Å². The minimum absolute atomic E-state index is 0.155. The lowest BCUT2D eigenvalue weighted by molar-refractivity contribution is -0.137. The van der Waals surface area contributed by atoms with Crippen molar-refractivity contribution in [3.05, 3.63) is 11.6 Å². The molecule has 0 N–H and O–H groups in total. The quantitative estimate of drug-likeness (QED) is 0.777. The third-order valence-electron chi connectivity index (χ3n) is 3.25. The van der Waals surface area contributed by atoms with E-state index in [0.29, 0.717) is 19.6 Å². The van der Waals surface area contributed by atoms with E-state index in [2.05, 4.69) is 17.1 Å². The lowest BCUT2D eigenvalue weighted by atomic mass is 10.2. The second-order valence-corrected chi connectivity index (χ2v) is 4.58. The Morgan fingerprint density at radius 3 is 2.89 bits per heavy atom. The summed E-state index contributed by atoms with van der Waals surface area (Å²) in [5.74, 6) is 1.87. The lowest BCUT2D eigenvalue weighted by Crippen LogP contribution is -2.42. The molecule has 1 aromatic rings. The molecule has 0 aromatic carbocycles. The average molecular weight is 252 g/mol. The fourth-order valence-electron chi connectivity index (χ4n) is 2.36. The molecular weight excluding hydrogens is 232 g/mol. The van der Waals surface area contributed by atoms with Crippen LogP contribution < -0.4 is 0 Å². The fraction of sp³-hybridized carbons (Fsp3) is 0.750. The highest BCUT2D eigenvalue weighted by Gasteiger charge is 2.32. The number of fused-ring (bicyclic) bond motifs is 1. The molecule has 18 heavy (non-hydrogen) atoms. The number of carbonyl (C=O) groups is 1. The molecule has 0 aliphatic carbocycles. The van der Waals surface area contributed by atoms with Crippen molar-refractivity contribution in [1.29, 1.82) is 0 Å². The summed E-state index contributed by atoms with van der Waals surface area (Å²) in [6.45, 7) is 5.92. The van der Waals surface area contributed by atoms with Gasteiger partial charge in [-0.3, -0.25) is 4.79 Å². The summed E-state index contributed by atoms with van der Waals surface area (Å²) in [6.07, 6.45) is 1.65. The van der Waals surface area contributed by atoms with Crippen LogP contribution in [0.4, 0.5) is 0 Å². The van der Waals surface area contributed by atoms with Crippen molar-refractivity contribution < 1.29 is 9.53 Å². The third kappa shape index (κ3) is 2.25. The first-order valence-corrected chi connectivity index (χ1v) is 6.39. The standard InChI is InChI=1S/C12H20N4O2/c1-4-6-15-8-11-14-13-10(5-7-18-3)16(11)9(2)12(15)17/h9H,4-8H2,1-3H3/t9-/m1/s1. The highest BCUT2D eigenvalue weighted by Crippen LogP contribution is 2.23. The van der Waals surface area contributed by atoms with Crippen molar-refractivity contribution in [1.82, 2.24) is 19.7 Å². The molecule has 1 atom stereocenters. The molecule has 0 bridgehead atoms.